The fraction of sp³-hybridized carbons (Fsp3) is 0.611. The van der Waals surface area contributed by atoms with Crippen molar-refractivity contribution in [1.29, 1.82) is 0 Å². The van der Waals surface area contributed by atoms with Gasteiger partial charge in [-0.1, -0.05) is 24.6 Å². The van der Waals surface area contributed by atoms with Gasteiger partial charge in [-0.2, -0.15) is 0 Å². The number of halogens is 1. The molecule has 2 atom stereocenters. The topological polar surface area (TPSA) is 101 Å². The van der Waals surface area contributed by atoms with E-state index in [1.54, 1.807) is 45.0 Å². The molecule has 0 saturated heterocycles. The molecule has 26 heavy (non-hydrogen) atoms. The van der Waals surface area contributed by atoms with Crippen molar-refractivity contribution in [1.82, 2.24) is 10.0 Å². The highest BCUT2D eigenvalue weighted by atomic mass is 35.5. The molecule has 1 aliphatic carbocycles. The molecule has 0 aromatic heterocycles. The fourth-order valence-corrected chi connectivity index (χ4v) is 4.85. The Labute approximate surface area is 162 Å². The molecular weight excluding hydrogens is 374 g/mol. The highest BCUT2D eigenvalue weighted by Crippen LogP contribution is 2.26. The van der Waals surface area contributed by atoms with Gasteiger partial charge in [0.25, 0.3) is 0 Å². The van der Waals surface area contributed by atoms with Crippen LogP contribution in [0.1, 0.15) is 52.0 Å². The van der Waals surface area contributed by atoms with E-state index in [4.69, 9.17) is 5.73 Å². The Kier molecular flexibility index (Phi) is 8.07. The van der Waals surface area contributed by atoms with E-state index in [0.29, 0.717) is 12.0 Å². The summed E-state index contributed by atoms with van der Waals surface area (Å²) in [6.45, 7) is 5.56. The zero-order chi connectivity index (χ0) is 18.7. The molecule has 1 aromatic carbocycles. The number of nitrogens with one attached hydrogen (secondary N) is 2. The van der Waals surface area contributed by atoms with Crippen LogP contribution in [0.2, 0.25) is 0 Å². The Bertz CT molecular complexity index is 717. The maximum absolute atomic E-state index is 12.6. The van der Waals surface area contributed by atoms with Crippen LogP contribution in [0.5, 0.6) is 0 Å². The summed E-state index contributed by atoms with van der Waals surface area (Å²) >= 11 is 0. The molecule has 0 spiro atoms. The summed E-state index contributed by atoms with van der Waals surface area (Å²) in [5, 5.41) is 2.84. The number of rotatable bonds is 6. The SMILES string of the molecule is CC(C)(C)NS(=O)(=O)c1ccccc1CNC(=O)C[C@@H]1CCC[C@H]1N.Cl. The first-order valence-corrected chi connectivity index (χ1v) is 10.2. The summed E-state index contributed by atoms with van der Waals surface area (Å²) in [5.74, 6) is 0.139. The number of amides is 1. The van der Waals surface area contributed by atoms with Crippen molar-refractivity contribution < 1.29 is 13.2 Å². The van der Waals surface area contributed by atoms with Crippen LogP contribution in [0, 0.1) is 5.92 Å². The van der Waals surface area contributed by atoms with Crippen molar-refractivity contribution in [3.8, 4) is 0 Å². The molecule has 0 heterocycles. The van der Waals surface area contributed by atoms with Crippen LogP contribution in [0.15, 0.2) is 29.2 Å². The Morgan fingerprint density at radius 2 is 1.88 bits per heavy atom. The van der Waals surface area contributed by atoms with E-state index < -0.39 is 15.6 Å². The molecule has 0 bridgehead atoms. The van der Waals surface area contributed by atoms with Crippen molar-refractivity contribution in [2.24, 2.45) is 11.7 Å². The maximum atomic E-state index is 12.6. The summed E-state index contributed by atoms with van der Waals surface area (Å²) in [6.07, 6.45) is 3.42. The van der Waals surface area contributed by atoms with Gasteiger partial charge in [0, 0.05) is 24.5 Å². The molecular formula is C18H30ClN3O3S. The summed E-state index contributed by atoms with van der Waals surface area (Å²) in [7, 11) is -3.65. The van der Waals surface area contributed by atoms with Gasteiger partial charge in [0.15, 0.2) is 0 Å². The number of hydrogen-bond donors (Lipinski definition) is 3. The van der Waals surface area contributed by atoms with Gasteiger partial charge in [-0.05, 0) is 51.2 Å². The Balaban J connectivity index is 0.00000338. The van der Waals surface area contributed by atoms with Crippen molar-refractivity contribution >= 4 is 28.3 Å². The third-order valence-electron chi connectivity index (χ3n) is 4.34. The van der Waals surface area contributed by atoms with Gasteiger partial charge >= 0.3 is 0 Å². The van der Waals surface area contributed by atoms with Crippen LogP contribution < -0.4 is 15.8 Å². The third kappa shape index (κ3) is 6.54. The van der Waals surface area contributed by atoms with E-state index >= 15 is 0 Å². The maximum Gasteiger partial charge on any atom is 0.241 e. The Morgan fingerprint density at radius 3 is 2.46 bits per heavy atom. The van der Waals surface area contributed by atoms with E-state index in [2.05, 4.69) is 10.0 Å². The smallest absolute Gasteiger partial charge is 0.241 e. The molecule has 0 radical (unpaired) electrons. The second-order valence-electron chi connectivity index (χ2n) is 7.80. The van der Waals surface area contributed by atoms with Crippen molar-refractivity contribution in [2.45, 2.75) is 69.5 Å². The van der Waals surface area contributed by atoms with Crippen LogP contribution in [0.4, 0.5) is 0 Å². The molecule has 4 N–H and O–H groups in total. The molecule has 2 rings (SSSR count). The van der Waals surface area contributed by atoms with Gasteiger partial charge in [-0.3, -0.25) is 4.79 Å². The first kappa shape index (κ1) is 22.9. The molecule has 148 valence electrons. The first-order chi connectivity index (χ1) is 11.6. The minimum atomic E-state index is -3.65. The van der Waals surface area contributed by atoms with Crippen molar-refractivity contribution in [3.05, 3.63) is 29.8 Å². The number of sulfonamides is 1. The molecule has 1 fully saturated rings. The number of carbonyl (C=O) groups excluding carboxylic acids is 1. The normalized spacial score (nSPS) is 20.5. The second-order valence-corrected chi connectivity index (χ2v) is 9.45. The highest BCUT2D eigenvalue weighted by Gasteiger charge is 2.27. The summed E-state index contributed by atoms with van der Waals surface area (Å²) in [6, 6.07) is 6.82. The molecule has 6 nitrogen and oxygen atoms in total. The average molecular weight is 404 g/mol. The quantitative estimate of drug-likeness (QED) is 0.678. The monoisotopic (exact) mass is 403 g/mol. The number of hydrogen-bond acceptors (Lipinski definition) is 4. The predicted molar refractivity (Wildman–Crippen MR) is 106 cm³/mol. The highest BCUT2D eigenvalue weighted by molar-refractivity contribution is 7.89. The Morgan fingerprint density at radius 1 is 1.23 bits per heavy atom. The van der Waals surface area contributed by atoms with Crippen molar-refractivity contribution in [2.75, 3.05) is 0 Å². The zero-order valence-electron chi connectivity index (χ0n) is 15.6. The van der Waals surface area contributed by atoms with Gasteiger partial charge in [0.05, 0.1) is 4.90 Å². The summed E-state index contributed by atoms with van der Waals surface area (Å²) < 4.78 is 27.8. The molecule has 8 heteroatoms. The standard InChI is InChI=1S/C18H29N3O3S.ClH/c1-18(2,3)21-25(23,24)16-10-5-4-7-14(16)12-20-17(22)11-13-8-6-9-15(13)19;/h4-5,7,10,13,15,21H,6,8-9,11-12,19H2,1-3H3,(H,20,22);1H/t13-,15+;/m0./s1. The van der Waals surface area contributed by atoms with E-state index in [1.165, 1.54) is 0 Å². The van der Waals surface area contributed by atoms with E-state index in [1.807, 2.05) is 0 Å². The molecule has 1 saturated carbocycles. The lowest BCUT2D eigenvalue weighted by Crippen LogP contribution is -2.41. The number of nitrogens with two attached hydrogens (primary N) is 1. The number of benzene rings is 1. The van der Waals surface area contributed by atoms with E-state index in [-0.39, 0.29) is 41.7 Å². The minimum absolute atomic E-state index is 0. The van der Waals surface area contributed by atoms with Gasteiger partial charge in [0.1, 0.15) is 0 Å². The predicted octanol–water partition coefficient (Wildman–Crippen LogP) is 2.32. The zero-order valence-corrected chi connectivity index (χ0v) is 17.3. The van der Waals surface area contributed by atoms with E-state index in [9.17, 15) is 13.2 Å². The molecule has 0 unspecified atom stereocenters. The third-order valence-corrected chi connectivity index (χ3v) is 6.20. The molecule has 0 aliphatic heterocycles. The van der Waals surface area contributed by atoms with Gasteiger partial charge in [-0.15, -0.1) is 12.4 Å². The van der Waals surface area contributed by atoms with Gasteiger partial charge in [0.2, 0.25) is 15.9 Å². The minimum Gasteiger partial charge on any atom is -0.352 e. The lowest BCUT2D eigenvalue weighted by molar-refractivity contribution is -0.122. The number of carbonyl (C=O) groups is 1. The van der Waals surface area contributed by atoms with Crippen LogP contribution in [-0.4, -0.2) is 25.9 Å². The fourth-order valence-electron chi connectivity index (χ4n) is 3.19. The van der Waals surface area contributed by atoms with Crippen LogP contribution >= 0.6 is 12.4 Å². The largest absolute Gasteiger partial charge is 0.352 e. The lowest BCUT2D eigenvalue weighted by Gasteiger charge is -2.21. The molecule has 1 amide bonds. The molecule has 1 aromatic rings. The van der Waals surface area contributed by atoms with Gasteiger partial charge in [-0.25, -0.2) is 13.1 Å². The van der Waals surface area contributed by atoms with Crippen LogP contribution in [0.3, 0.4) is 0 Å². The summed E-state index contributed by atoms with van der Waals surface area (Å²) in [5.41, 5.74) is 6.00. The van der Waals surface area contributed by atoms with Crippen molar-refractivity contribution in [3.63, 3.8) is 0 Å². The average Bonchev–Trinajstić information content (AvgIpc) is 2.88. The molecule has 1 aliphatic rings. The lowest BCUT2D eigenvalue weighted by atomic mass is 10.00. The van der Waals surface area contributed by atoms with Crippen LogP contribution in [0.25, 0.3) is 0 Å². The first-order valence-electron chi connectivity index (χ1n) is 8.73. The Hall–Kier alpha value is -1.15. The van der Waals surface area contributed by atoms with E-state index in [0.717, 1.165) is 19.3 Å². The summed E-state index contributed by atoms with van der Waals surface area (Å²) in [4.78, 5) is 12.4. The van der Waals surface area contributed by atoms with Crippen LogP contribution in [-0.2, 0) is 21.4 Å². The second kappa shape index (κ2) is 9.17. The van der Waals surface area contributed by atoms with Gasteiger partial charge < -0.3 is 11.1 Å².